The molecule has 2 heterocycles. The Kier molecular flexibility index (Phi) is 10.4. The number of fused-ring (bicyclic) bond motifs is 1. The van der Waals surface area contributed by atoms with E-state index in [0.717, 1.165) is 27.9 Å². The summed E-state index contributed by atoms with van der Waals surface area (Å²) in [6.07, 6.45) is 5.99. The molecule has 188 valence electrons. The fraction of sp³-hybridized carbons (Fsp3) is 0.214. The van der Waals surface area contributed by atoms with Crippen LogP contribution in [-0.4, -0.2) is 34.3 Å². The van der Waals surface area contributed by atoms with Crippen molar-refractivity contribution in [1.29, 1.82) is 0 Å². The Morgan fingerprint density at radius 1 is 1.19 bits per heavy atom. The van der Waals surface area contributed by atoms with Crippen molar-refractivity contribution in [2.75, 3.05) is 7.11 Å². The van der Waals surface area contributed by atoms with Crippen molar-refractivity contribution in [3.63, 3.8) is 0 Å². The number of ketones is 1. The highest BCUT2D eigenvalue weighted by Crippen LogP contribution is 2.27. The Morgan fingerprint density at radius 2 is 1.97 bits per heavy atom. The van der Waals surface area contributed by atoms with E-state index >= 15 is 0 Å². The number of H-pyrrole nitrogens is 1. The summed E-state index contributed by atoms with van der Waals surface area (Å²) in [5.74, 6) is 0.272. The molecule has 2 aromatic carbocycles. The second-order valence-electron chi connectivity index (χ2n) is 7.78. The highest BCUT2D eigenvalue weighted by atomic mass is 35.5. The highest BCUT2D eigenvalue weighted by Gasteiger charge is 2.15. The number of pyridine rings is 1. The van der Waals surface area contributed by atoms with Gasteiger partial charge in [0, 0.05) is 29.6 Å². The summed E-state index contributed by atoms with van der Waals surface area (Å²) in [5, 5.41) is 8.64. The van der Waals surface area contributed by atoms with Crippen LogP contribution in [0.2, 0.25) is 5.02 Å². The largest absolute Gasteiger partial charge is 0.496 e. The van der Waals surface area contributed by atoms with E-state index in [2.05, 4.69) is 27.1 Å². The van der Waals surface area contributed by atoms with Gasteiger partial charge in [0.05, 0.1) is 35.1 Å². The molecule has 0 bridgehead atoms. The van der Waals surface area contributed by atoms with Gasteiger partial charge in [0.15, 0.2) is 0 Å². The molecule has 0 fully saturated rings. The lowest BCUT2D eigenvalue weighted by Gasteiger charge is -2.08. The first-order chi connectivity index (χ1) is 16.8. The SMILES string of the molecule is C.CCc1ccc2[nH]ncc2c1Cl.COc1cc(N=C/C(C)=C(/C)N)ccc1C(=O)c1ccccn1. The minimum Gasteiger partial charge on any atom is -0.496 e. The Labute approximate surface area is 217 Å². The lowest BCUT2D eigenvalue weighted by Crippen LogP contribution is -2.05. The van der Waals surface area contributed by atoms with Crippen LogP contribution in [0.5, 0.6) is 5.75 Å². The van der Waals surface area contributed by atoms with Crippen molar-refractivity contribution in [1.82, 2.24) is 15.2 Å². The molecule has 2 aromatic heterocycles. The number of ether oxygens (including phenoxy) is 1. The molecule has 4 aromatic rings. The number of aryl methyl sites for hydroxylation is 1. The van der Waals surface area contributed by atoms with E-state index in [-0.39, 0.29) is 13.2 Å². The number of methoxy groups -OCH3 is 1. The zero-order valence-corrected chi connectivity index (χ0v) is 20.9. The van der Waals surface area contributed by atoms with Gasteiger partial charge in [-0.3, -0.25) is 19.9 Å². The normalized spacial score (nSPS) is 11.4. The van der Waals surface area contributed by atoms with Crippen molar-refractivity contribution >= 4 is 40.2 Å². The zero-order chi connectivity index (χ0) is 25.4. The summed E-state index contributed by atoms with van der Waals surface area (Å²) in [7, 11) is 1.52. The number of aliphatic imine (C=N–C) groups is 1. The number of nitrogens with two attached hydrogens (primary N) is 1. The number of nitrogens with one attached hydrogen (secondary N) is 1. The molecule has 36 heavy (non-hydrogen) atoms. The van der Waals surface area contributed by atoms with E-state index in [1.807, 2.05) is 26.0 Å². The summed E-state index contributed by atoms with van der Waals surface area (Å²) in [4.78, 5) is 20.9. The standard InChI is InChI=1S/C18H19N3O2.C9H9ClN2.CH4/c1-12(13(2)19)11-21-14-7-8-15(17(10-14)23-3)18(22)16-6-4-5-9-20-16;1-2-6-3-4-8-7(9(6)10)5-11-12-8;/h4-11H,19H2,1-3H3;3-5H,2H2,1H3,(H,11,12);1H4/b13-12-,21-11?;;. The molecule has 7 nitrogen and oxygen atoms in total. The number of carbonyl (C=O) groups excluding carboxylic acids is 1. The smallest absolute Gasteiger partial charge is 0.215 e. The molecule has 0 aliphatic rings. The van der Waals surface area contributed by atoms with Crippen molar-refractivity contribution in [2.24, 2.45) is 10.7 Å². The van der Waals surface area contributed by atoms with E-state index in [9.17, 15) is 4.79 Å². The van der Waals surface area contributed by atoms with Crippen LogP contribution in [0.15, 0.2) is 77.2 Å². The van der Waals surface area contributed by atoms with Gasteiger partial charge >= 0.3 is 0 Å². The zero-order valence-electron chi connectivity index (χ0n) is 20.2. The van der Waals surface area contributed by atoms with E-state index in [0.29, 0.717) is 28.4 Å². The molecule has 0 aliphatic heterocycles. The van der Waals surface area contributed by atoms with Crippen molar-refractivity contribution in [3.8, 4) is 5.75 Å². The van der Waals surface area contributed by atoms with E-state index in [1.165, 1.54) is 12.7 Å². The number of rotatable bonds is 6. The van der Waals surface area contributed by atoms with Crippen LogP contribution in [0.3, 0.4) is 0 Å². The Morgan fingerprint density at radius 3 is 2.61 bits per heavy atom. The third kappa shape index (κ3) is 6.79. The van der Waals surface area contributed by atoms with Crippen LogP contribution in [0.4, 0.5) is 5.69 Å². The van der Waals surface area contributed by atoms with Gasteiger partial charge in [0.2, 0.25) is 5.78 Å². The van der Waals surface area contributed by atoms with Crippen LogP contribution < -0.4 is 10.5 Å². The third-order valence-corrected chi connectivity index (χ3v) is 5.82. The van der Waals surface area contributed by atoms with Crippen LogP contribution >= 0.6 is 11.6 Å². The first-order valence-electron chi connectivity index (χ1n) is 11.1. The Balaban J connectivity index is 0.000000294. The predicted molar refractivity (Wildman–Crippen MR) is 149 cm³/mol. The number of aromatic amines is 1. The minimum absolute atomic E-state index is 0. The molecular weight excluding hydrogens is 474 g/mol. The molecule has 0 spiro atoms. The maximum atomic E-state index is 12.5. The number of hydrogen-bond donors (Lipinski definition) is 2. The fourth-order valence-corrected chi connectivity index (χ4v) is 3.50. The average molecular weight is 506 g/mol. The minimum atomic E-state index is -0.188. The second kappa shape index (κ2) is 13.2. The van der Waals surface area contributed by atoms with Gasteiger partial charge in [-0.05, 0) is 61.7 Å². The number of hydrogen-bond acceptors (Lipinski definition) is 6. The molecule has 0 amide bonds. The summed E-state index contributed by atoms with van der Waals surface area (Å²) in [6, 6.07) is 14.4. The van der Waals surface area contributed by atoms with Crippen molar-refractivity contribution in [3.05, 3.63) is 94.0 Å². The summed E-state index contributed by atoms with van der Waals surface area (Å²) < 4.78 is 5.32. The molecule has 8 heteroatoms. The predicted octanol–water partition coefficient (Wildman–Crippen LogP) is 6.69. The number of aromatic nitrogens is 3. The van der Waals surface area contributed by atoms with Gasteiger partial charge in [-0.2, -0.15) is 5.10 Å². The van der Waals surface area contributed by atoms with Crippen LogP contribution in [0.1, 0.15) is 49.8 Å². The van der Waals surface area contributed by atoms with Gasteiger partial charge in [0.25, 0.3) is 0 Å². The Hall–Kier alpha value is -3.97. The molecule has 0 aliphatic carbocycles. The van der Waals surface area contributed by atoms with Crippen molar-refractivity contribution in [2.45, 2.75) is 34.6 Å². The quantitative estimate of drug-likeness (QED) is 0.224. The third-order valence-electron chi connectivity index (χ3n) is 5.38. The molecule has 0 atom stereocenters. The van der Waals surface area contributed by atoms with Crippen LogP contribution in [0.25, 0.3) is 10.9 Å². The lowest BCUT2D eigenvalue weighted by molar-refractivity contribution is 0.103. The highest BCUT2D eigenvalue weighted by molar-refractivity contribution is 6.36. The topological polar surface area (TPSA) is 106 Å². The number of allylic oxidation sites excluding steroid dienone is 2. The van der Waals surface area contributed by atoms with Gasteiger partial charge in [-0.25, -0.2) is 0 Å². The van der Waals surface area contributed by atoms with E-state index < -0.39 is 0 Å². The maximum Gasteiger partial charge on any atom is 0.215 e. The summed E-state index contributed by atoms with van der Waals surface area (Å²) >= 11 is 6.12. The van der Waals surface area contributed by atoms with Crippen LogP contribution in [0, 0.1) is 0 Å². The summed E-state index contributed by atoms with van der Waals surface area (Å²) in [6.45, 7) is 5.79. The fourth-order valence-electron chi connectivity index (χ4n) is 3.16. The first kappa shape index (κ1) is 28.3. The lowest BCUT2D eigenvalue weighted by atomic mass is 10.1. The second-order valence-corrected chi connectivity index (χ2v) is 8.15. The average Bonchev–Trinajstić information content (AvgIpc) is 3.37. The molecule has 0 saturated carbocycles. The number of carbonyl (C=O) groups is 1. The number of halogens is 1. The molecule has 0 unspecified atom stereocenters. The number of nitrogens with zero attached hydrogens (tertiary/aromatic N) is 3. The molecule has 4 rings (SSSR count). The molecule has 0 radical (unpaired) electrons. The van der Waals surface area contributed by atoms with Gasteiger partial charge in [0.1, 0.15) is 11.4 Å². The van der Waals surface area contributed by atoms with Crippen molar-refractivity contribution < 1.29 is 9.53 Å². The Bertz CT molecular complexity index is 1370. The molecular formula is C28H32ClN5O2. The molecule has 3 N–H and O–H groups in total. The van der Waals surface area contributed by atoms with Gasteiger partial charge in [-0.15, -0.1) is 0 Å². The monoisotopic (exact) mass is 505 g/mol. The summed E-state index contributed by atoms with van der Waals surface area (Å²) in [5.41, 5.74) is 11.0. The van der Waals surface area contributed by atoms with Crippen LogP contribution in [-0.2, 0) is 6.42 Å². The van der Waals surface area contributed by atoms with E-state index in [4.69, 9.17) is 22.1 Å². The number of benzene rings is 2. The maximum absolute atomic E-state index is 12.5. The first-order valence-corrected chi connectivity index (χ1v) is 11.4. The van der Waals surface area contributed by atoms with Gasteiger partial charge < -0.3 is 10.5 Å². The molecule has 0 saturated heterocycles. The van der Waals surface area contributed by atoms with Gasteiger partial charge in [-0.1, -0.05) is 38.1 Å². The van der Waals surface area contributed by atoms with E-state index in [1.54, 1.807) is 55.0 Å².